The highest BCUT2D eigenvalue weighted by molar-refractivity contribution is 6.58. The lowest BCUT2D eigenvalue weighted by Gasteiger charge is -2.26. The van der Waals surface area contributed by atoms with Crippen LogP contribution in [0, 0.1) is 22.8 Å². The van der Waals surface area contributed by atoms with E-state index in [9.17, 15) is 20.4 Å². The molecule has 0 radical (unpaired) electrons. The summed E-state index contributed by atoms with van der Waals surface area (Å²) in [5, 5.41) is 52.4. The summed E-state index contributed by atoms with van der Waals surface area (Å²) < 4.78 is 0. The molecule has 2 heterocycles. The van der Waals surface area contributed by atoms with E-state index in [0.717, 1.165) is 0 Å². The third kappa shape index (κ3) is 3.02. The van der Waals surface area contributed by atoms with Crippen LogP contribution < -0.4 is 27.6 Å². The molecule has 0 saturated carbocycles. The predicted octanol–water partition coefficient (Wildman–Crippen LogP) is -1.56. The number of nitrogen functional groups attached to an aromatic ring is 2. The first-order chi connectivity index (χ1) is 12.9. The molecule has 0 fully saturated rings. The largest absolute Gasteiger partial charge is 0.508 e. The molecule has 11 nitrogen and oxygen atoms in total. The van der Waals surface area contributed by atoms with E-state index >= 15 is 0 Å². The lowest BCUT2D eigenvalue weighted by atomic mass is 9.78. The number of nitrogens with zero attached hydrogens (tertiary/aromatic N) is 4. The Hall–Kier alpha value is -4.00. The summed E-state index contributed by atoms with van der Waals surface area (Å²) in [5.74, 6) is -0.148. The van der Waals surface area contributed by atoms with Crippen molar-refractivity contribution in [3.63, 3.8) is 0 Å². The van der Waals surface area contributed by atoms with E-state index < -0.39 is 13.2 Å². The number of aliphatic imine (C=N–C) groups is 1. The van der Waals surface area contributed by atoms with E-state index in [1.165, 1.54) is 18.2 Å². The molecule has 0 spiro atoms. The summed E-state index contributed by atoms with van der Waals surface area (Å²) >= 11 is 0. The van der Waals surface area contributed by atoms with Crippen LogP contribution in [0.25, 0.3) is 0 Å². The molecule has 1 aromatic carbocycles. The normalized spacial score (nSPS) is 14.8. The van der Waals surface area contributed by atoms with Gasteiger partial charge in [0.1, 0.15) is 35.1 Å². The van der Waals surface area contributed by atoms with Gasteiger partial charge in [-0.15, -0.1) is 0 Å². The molecule has 1 unspecified atom stereocenters. The second-order valence-corrected chi connectivity index (χ2v) is 5.59. The Balaban J connectivity index is 2.29. The number of benzene rings is 1. The number of nitrogens with one attached hydrogen (secondary N) is 2. The highest BCUT2D eigenvalue weighted by atomic mass is 16.4. The van der Waals surface area contributed by atoms with Crippen molar-refractivity contribution < 1.29 is 15.2 Å². The molecule has 0 bridgehead atoms. The van der Waals surface area contributed by atoms with Crippen LogP contribution in [-0.4, -0.2) is 33.2 Å². The first kappa shape index (κ1) is 17.8. The van der Waals surface area contributed by atoms with Gasteiger partial charge in [0.2, 0.25) is 5.96 Å². The Morgan fingerprint density at radius 2 is 2.00 bits per heavy atom. The molecule has 1 aliphatic rings. The van der Waals surface area contributed by atoms with Crippen molar-refractivity contribution in [2.75, 3.05) is 16.8 Å². The van der Waals surface area contributed by atoms with Gasteiger partial charge in [0, 0.05) is 11.1 Å². The summed E-state index contributed by atoms with van der Waals surface area (Å²) in [5.41, 5.74) is 12.3. The summed E-state index contributed by atoms with van der Waals surface area (Å²) in [6, 6.07) is 4.80. The van der Waals surface area contributed by atoms with Crippen molar-refractivity contribution in [1.82, 2.24) is 10.3 Å². The standard InChI is InChI=1S/C15H13BN8O3/c17-4-8-11(19)10-12(7-3-6(16(26)27)1-2-9(7)25)22-15(21-5-18)24-14(10)23-13(8)20/h1-3,12,25-27H,(H6,19,20,21,22,23,24). The number of pyridine rings is 1. The van der Waals surface area contributed by atoms with Crippen LogP contribution in [0.4, 0.5) is 17.3 Å². The highest BCUT2D eigenvalue weighted by Gasteiger charge is 2.31. The van der Waals surface area contributed by atoms with Crippen LogP contribution in [0.15, 0.2) is 23.2 Å². The summed E-state index contributed by atoms with van der Waals surface area (Å²) in [7, 11) is -1.78. The highest BCUT2D eigenvalue weighted by Crippen LogP contribution is 2.42. The SMILES string of the molecule is N#CNC1=NC(c2cc(B(O)O)ccc2O)c2c(nc(N)c(C#N)c2N)N1. The van der Waals surface area contributed by atoms with Crippen LogP contribution in [0.3, 0.4) is 0 Å². The van der Waals surface area contributed by atoms with E-state index in [0.29, 0.717) is 0 Å². The van der Waals surface area contributed by atoms with Crippen LogP contribution in [0.2, 0.25) is 0 Å². The number of nitriles is 2. The molecular formula is C15H13BN8O3. The number of phenols is 1. The number of guanidine groups is 1. The average molecular weight is 364 g/mol. The second-order valence-electron chi connectivity index (χ2n) is 5.59. The van der Waals surface area contributed by atoms with E-state index in [4.69, 9.17) is 16.7 Å². The van der Waals surface area contributed by atoms with Gasteiger partial charge < -0.3 is 31.9 Å². The molecule has 1 atom stereocenters. The number of anilines is 3. The number of nitrogens with two attached hydrogens (primary N) is 2. The van der Waals surface area contributed by atoms with Crippen molar-refractivity contribution in [3.8, 4) is 18.0 Å². The topological polar surface area (TPSA) is 210 Å². The van der Waals surface area contributed by atoms with Gasteiger partial charge in [0.15, 0.2) is 6.19 Å². The van der Waals surface area contributed by atoms with Crippen LogP contribution in [-0.2, 0) is 0 Å². The number of aromatic nitrogens is 1. The monoisotopic (exact) mass is 364 g/mol. The van der Waals surface area contributed by atoms with E-state index in [1.54, 1.807) is 6.19 Å². The third-order valence-electron chi connectivity index (χ3n) is 4.00. The zero-order valence-corrected chi connectivity index (χ0v) is 13.7. The molecule has 12 heteroatoms. The Morgan fingerprint density at radius 3 is 2.63 bits per heavy atom. The van der Waals surface area contributed by atoms with Gasteiger partial charge in [-0.2, -0.15) is 10.5 Å². The van der Waals surface area contributed by atoms with Crippen molar-refractivity contribution in [2.45, 2.75) is 6.04 Å². The van der Waals surface area contributed by atoms with Gasteiger partial charge >= 0.3 is 7.12 Å². The van der Waals surface area contributed by atoms with E-state index in [1.807, 2.05) is 6.07 Å². The smallest absolute Gasteiger partial charge is 0.488 e. The molecule has 9 N–H and O–H groups in total. The molecular weight excluding hydrogens is 351 g/mol. The predicted molar refractivity (Wildman–Crippen MR) is 97.4 cm³/mol. The average Bonchev–Trinajstić information content (AvgIpc) is 2.61. The van der Waals surface area contributed by atoms with Gasteiger partial charge in [-0.25, -0.2) is 9.98 Å². The van der Waals surface area contributed by atoms with Crippen molar-refractivity contribution >= 4 is 35.9 Å². The fraction of sp³-hybridized carbons (Fsp3) is 0.0667. The van der Waals surface area contributed by atoms with Crippen molar-refractivity contribution in [3.05, 3.63) is 34.9 Å². The zero-order valence-electron chi connectivity index (χ0n) is 13.7. The Morgan fingerprint density at radius 1 is 1.26 bits per heavy atom. The Bertz CT molecular complexity index is 1040. The van der Waals surface area contributed by atoms with E-state index in [-0.39, 0.29) is 51.2 Å². The maximum atomic E-state index is 10.3. The van der Waals surface area contributed by atoms with E-state index in [2.05, 4.69) is 20.6 Å². The van der Waals surface area contributed by atoms with Crippen LogP contribution in [0.5, 0.6) is 5.75 Å². The Labute approximate surface area is 153 Å². The molecule has 3 rings (SSSR count). The minimum atomic E-state index is -1.78. The minimum Gasteiger partial charge on any atom is -0.508 e. The zero-order chi connectivity index (χ0) is 19.7. The molecule has 1 aliphatic heterocycles. The van der Waals surface area contributed by atoms with Crippen LogP contribution >= 0.6 is 0 Å². The number of hydrogen-bond acceptors (Lipinski definition) is 11. The van der Waals surface area contributed by atoms with Gasteiger partial charge in [-0.1, -0.05) is 12.1 Å². The molecule has 0 saturated heterocycles. The Kier molecular flexibility index (Phi) is 4.44. The summed E-state index contributed by atoms with van der Waals surface area (Å²) in [4.78, 5) is 8.38. The molecule has 134 valence electrons. The number of hydrogen-bond donors (Lipinski definition) is 7. The number of phenolic OH excluding ortho intramolecular Hbond substituents is 1. The molecule has 2 aromatic rings. The number of rotatable bonds is 2. The first-order valence-electron chi connectivity index (χ1n) is 7.55. The maximum absolute atomic E-state index is 10.3. The van der Waals surface area contributed by atoms with Crippen molar-refractivity contribution in [1.29, 1.82) is 10.5 Å². The maximum Gasteiger partial charge on any atom is 0.488 e. The van der Waals surface area contributed by atoms with Crippen molar-refractivity contribution in [2.24, 2.45) is 4.99 Å². The van der Waals surface area contributed by atoms with Gasteiger partial charge in [0.05, 0.1) is 5.69 Å². The number of fused-ring (bicyclic) bond motifs is 1. The van der Waals surface area contributed by atoms with Gasteiger partial charge in [-0.3, -0.25) is 5.32 Å². The third-order valence-corrected chi connectivity index (χ3v) is 4.00. The summed E-state index contributed by atoms with van der Waals surface area (Å²) in [6.07, 6.45) is 1.71. The quantitative estimate of drug-likeness (QED) is 0.185. The minimum absolute atomic E-state index is 0.00612. The lowest BCUT2D eigenvalue weighted by Crippen LogP contribution is -2.34. The fourth-order valence-corrected chi connectivity index (χ4v) is 2.76. The van der Waals surface area contributed by atoms with Crippen LogP contribution in [0.1, 0.15) is 22.7 Å². The first-order valence-corrected chi connectivity index (χ1v) is 7.55. The summed E-state index contributed by atoms with van der Waals surface area (Å²) in [6.45, 7) is 0. The molecule has 0 aliphatic carbocycles. The molecule has 1 aromatic heterocycles. The number of aromatic hydroxyl groups is 1. The fourth-order valence-electron chi connectivity index (χ4n) is 2.76. The molecule has 27 heavy (non-hydrogen) atoms. The second kappa shape index (κ2) is 6.72. The lowest BCUT2D eigenvalue weighted by molar-refractivity contribution is 0.425. The van der Waals surface area contributed by atoms with Gasteiger partial charge in [-0.05, 0) is 11.5 Å². The molecule has 0 amide bonds. The van der Waals surface area contributed by atoms with Gasteiger partial charge in [0.25, 0.3) is 0 Å².